The Morgan fingerprint density at radius 1 is 1.11 bits per heavy atom. The summed E-state index contributed by atoms with van der Waals surface area (Å²) in [6.45, 7) is 7.23. The van der Waals surface area contributed by atoms with Gasteiger partial charge in [-0.25, -0.2) is 0 Å². The average Bonchev–Trinajstić information content (AvgIpc) is 3.27. The molecular weight excluding hydrogens is 394 g/mol. The van der Waals surface area contributed by atoms with E-state index in [9.17, 15) is 0 Å². The Hall–Kier alpha value is -1.02. The van der Waals surface area contributed by atoms with Gasteiger partial charge in [-0.15, -0.1) is 0 Å². The van der Waals surface area contributed by atoms with Gasteiger partial charge in [0.1, 0.15) is 0 Å². The summed E-state index contributed by atoms with van der Waals surface area (Å²) in [4.78, 5) is 3.25. The number of benzene rings is 1. The largest absolute Gasteiger partial charge is 0.375 e. The molecule has 4 aliphatic rings. The fourth-order valence-corrected chi connectivity index (χ4v) is 8.33. The van der Waals surface area contributed by atoms with Gasteiger partial charge in [0, 0.05) is 29.5 Å². The quantitative estimate of drug-likeness (QED) is 0.502. The van der Waals surface area contributed by atoms with Crippen molar-refractivity contribution in [3.63, 3.8) is 0 Å². The number of hydrogen-bond acceptors (Lipinski definition) is 1. The van der Waals surface area contributed by atoms with Gasteiger partial charge < -0.3 is 4.90 Å². The molecule has 3 aliphatic carbocycles. The highest BCUT2D eigenvalue weighted by molar-refractivity contribution is 9.09. The molecule has 7 unspecified atom stereocenters. The molecule has 2 heteroatoms. The van der Waals surface area contributed by atoms with Crippen molar-refractivity contribution < 1.29 is 0 Å². The summed E-state index contributed by atoms with van der Waals surface area (Å²) in [7, 11) is 2.33. The lowest BCUT2D eigenvalue weighted by Gasteiger charge is -2.44. The van der Waals surface area contributed by atoms with E-state index in [1.54, 1.807) is 11.1 Å². The summed E-state index contributed by atoms with van der Waals surface area (Å²) in [5, 5.41) is 0. The number of alkyl halides is 1. The maximum absolute atomic E-state index is 4.21. The van der Waals surface area contributed by atoms with E-state index in [4.69, 9.17) is 0 Å². The van der Waals surface area contributed by atoms with Crippen molar-refractivity contribution >= 4 is 22.0 Å². The number of nitrogens with zero attached hydrogens (tertiary/aromatic N) is 1. The monoisotopic (exact) mass is 425 g/mol. The second-order valence-electron chi connectivity index (χ2n) is 9.74. The van der Waals surface area contributed by atoms with Crippen LogP contribution >= 0.6 is 15.9 Å². The number of allylic oxidation sites excluding steroid dienone is 2. The van der Waals surface area contributed by atoms with Crippen LogP contribution in [-0.4, -0.2) is 22.8 Å². The maximum Gasteiger partial charge on any atom is 0.0363 e. The second kappa shape index (κ2) is 6.51. The van der Waals surface area contributed by atoms with Gasteiger partial charge >= 0.3 is 0 Å². The Bertz CT molecular complexity index is 821. The van der Waals surface area contributed by atoms with Gasteiger partial charge in [0.05, 0.1) is 0 Å². The van der Waals surface area contributed by atoms with Gasteiger partial charge in [-0.05, 0) is 79.9 Å². The van der Waals surface area contributed by atoms with Crippen LogP contribution in [0.2, 0.25) is 0 Å². The molecule has 5 rings (SSSR count). The highest BCUT2D eigenvalue weighted by atomic mass is 79.9. The third-order valence-electron chi connectivity index (χ3n) is 8.58. The number of halogens is 1. The molecule has 0 bridgehead atoms. The van der Waals surface area contributed by atoms with E-state index >= 15 is 0 Å². The van der Waals surface area contributed by atoms with Crippen LogP contribution < -0.4 is 0 Å². The summed E-state index contributed by atoms with van der Waals surface area (Å²) in [6.07, 6.45) is 7.77. The Balaban J connectivity index is 1.38. The normalized spacial score (nSPS) is 40.1. The van der Waals surface area contributed by atoms with E-state index in [0.717, 1.165) is 29.6 Å². The van der Waals surface area contributed by atoms with Gasteiger partial charge in [-0.2, -0.15) is 0 Å². The highest BCUT2D eigenvalue weighted by Gasteiger charge is 2.54. The van der Waals surface area contributed by atoms with Gasteiger partial charge in [-0.3, -0.25) is 0 Å². The molecule has 0 N–H and O–H groups in total. The van der Waals surface area contributed by atoms with E-state index in [1.807, 2.05) is 0 Å². The van der Waals surface area contributed by atoms with Crippen LogP contribution in [-0.2, 0) is 6.42 Å². The Labute approximate surface area is 173 Å². The van der Waals surface area contributed by atoms with Crippen LogP contribution in [0.25, 0.3) is 6.08 Å². The lowest BCUT2D eigenvalue weighted by molar-refractivity contribution is 0.121. The van der Waals surface area contributed by atoms with Crippen LogP contribution in [0.5, 0.6) is 0 Å². The number of hydrogen-bond donors (Lipinski definition) is 0. The van der Waals surface area contributed by atoms with Gasteiger partial charge in [0.15, 0.2) is 0 Å². The van der Waals surface area contributed by atoms with Gasteiger partial charge in [0.2, 0.25) is 0 Å². The van der Waals surface area contributed by atoms with Crippen LogP contribution in [0.4, 0.5) is 0 Å². The Morgan fingerprint density at radius 3 is 2.67 bits per heavy atom. The Morgan fingerprint density at radius 2 is 1.89 bits per heavy atom. The lowest BCUT2D eigenvalue weighted by Crippen LogP contribution is -2.46. The lowest BCUT2D eigenvalue weighted by atomic mass is 9.68. The Kier molecular flexibility index (Phi) is 4.35. The predicted molar refractivity (Wildman–Crippen MR) is 118 cm³/mol. The van der Waals surface area contributed by atoms with Crippen molar-refractivity contribution in [3.8, 4) is 0 Å². The molecule has 7 atom stereocenters. The number of rotatable bonds is 2. The first-order valence-corrected chi connectivity index (χ1v) is 11.7. The van der Waals surface area contributed by atoms with E-state index in [2.05, 4.69) is 79.0 Å². The molecule has 0 radical (unpaired) electrons. The van der Waals surface area contributed by atoms with E-state index in [0.29, 0.717) is 10.9 Å². The van der Waals surface area contributed by atoms with Crippen LogP contribution in [0, 0.1) is 29.6 Å². The molecule has 27 heavy (non-hydrogen) atoms. The molecule has 144 valence electrons. The molecule has 1 aromatic rings. The fraction of sp³-hybridized carbons (Fsp3) is 0.600. The molecule has 2 saturated carbocycles. The van der Waals surface area contributed by atoms with E-state index in [1.165, 1.54) is 42.5 Å². The topological polar surface area (TPSA) is 3.24 Å². The zero-order valence-corrected chi connectivity index (χ0v) is 18.7. The molecular formula is C25H32BrN. The van der Waals surface area contributed by atoms with Gasteiger partial charge in [0.25, 0.3) is 0 Å². The summed E-state index contributed by atoms with van der Waals surface area (Å²) in [5.74, 6) is 4.14. The van der Waals surface area contributed by atoms with Crippen molar-refractivity contribution in [2.24, 2.45) is 29.6 Å². The molecule has 1 nitrogen and oxygen atoms in total. The minimum absolute atomic E-state index is 0.656. The summed E-state index contributed by atoms with van der Waals surface area (Å²) < 4.78 is 0. The van der Waals surface area contributed by atoms with Crippen molar-refractivity contribution in [1.82, 2.24) is 4.90 Å². The summed E-state index contributed by atoms with van der Waals surface area (Å²) >= 11 is 4.21. The smallest absolute Gasteiger partial charge is 0.0363 e. The first-order valence-electron chi connectivity index (χ1n) is 10.8. The predicted octanol–water partition coefficient (Wildman–Crippen LogP) is 6.30. The second-order valence-corrected chi connectivity index (χ2v) is 10.8. The van der Waals surface area contributed by atoms with E-state index < -0.39 is 0 Å². The van der Waals surface area contributed by atoms with Crippen molar-refractivity contribution in [2.45, 2.75) is 57.3 Å². The molecule has 1 aromatic carbocycles. The zero-order chi connectivity index (χ0) is 18.9. The molecule has 0 amide bonds. The SMILES string of the molecule is CC1=C(C)N(C)C2CC3C(CC4=Cc5ccccc5C4)C(C)CC3C(Br)C12. The van der Waals surface area contributed by atoms with Crippen molar-refractivity contribution in [2.75, 3.05) is 7.05 Å². The third-order valence-corrected chi connectivity index (χ3v) is 9.83. The zero-order valence-electron chi connectivity index (χ0n) is 17.1. The van der Waals surface area contributed by atoms with Crippen LogP contribution in [0.3, 0.4) is 0 Å². The number of fused-ring (bicyclic) bond motifs is 3. The molecule has 1 heterocycles. The molecule has 1 aliphatic heterocycles. The molecule has 0 spiro atoms. The minimum atomic E-state index is 0.656. The minimum Gasteiger partial charge on any atom is -0.375 e. The fourth-order valence-electron chi connectivity index (χ4n) is 6.97. The van der Waals surface area contributed by atoms with Gasteiger partial charge in [-0.1, -0.05) is 58.8 Å². The summed E-state index contributed by atoms with van der Waals surface area (Å²) in [6, 6.07) is 9.67. The molecule has 0 aromatic heterocycles. The first-order chi connectivity index (χ1) is 13.0. The molecule has 2 fully saturated rings. The first kappa shape index (κ1) is 18.0. The summed E-state index contributed by atoms with van der Waals surface area (Å²) in [5.41, 5.74) is 7.82. The maximum atomic E-state index is 4.21. The standard InChI is InChI=1S/C25H32BrN/c1-14-9-22-21(13-23-24(25(22)26)15(2)16(3)27(23)4)20(14)12-17-10-18-7-5-6-8-19(18)11-17/h5-8,10,14,20-25H,9,11-13H2,1-4H3. The molecule has 0 saturated heterocycles. The van der Waals surface area contributed by atoms with Crippen molar-refractivity contribution in [3.05, 3.63) is 52.2 Å². The van der Waals surface area contributed by atoms with Crippen LogP contribution in [0.1, 0.15) is 51.2 Å². The third kappa shape index (κ3) is 2.69. The van der Waals surface area contributed by atoms with E-state index in [-0.39, 0.29) is 0 Å². The van der Waals surface area contributed by atoms with Crippen LogP contribution in [0.15, 0.2) is 41.1 Å². The average molecular weight is 426 g/mol. The highest BCUT2D eigenvalue weighted by Crippen LogP contribution is 2.58. The van der Waals surface area contributed by atoms with Crippen molar-refractivity contribution in [1.29, 1.82) is 0 Å².